The Morgan fingerprint density at radius 3 is 2.38 bits per heavy atom. The number of nitro benzene ring substituents is 1. The minimum atomic E-state index is -0.970. The Morgan fingerprint density at radius 2 is 1.95 bits per heavy atom. The smallest absolute Gasteiger partial charge is 0.340 e. The SMILES string of the molecule is COC(=O)c1cc(N(C)C(C)C(C)C)c([N+](=O)[O-])cc1F. The highest BCUT2D eigenvalue weighted by Crippen LogP contribution is 2.32. The summed E-state index contributed by atoms with van der Waals surface area (Å²) >= 11 is 0. The minimum Gasteiger partial charge on any atom is -0.465 e. The summed E-state index contributed by atoms with van der Waals surface area (Å²) in [6.45, 7) is 5.84. The second-order valence-electron chi connectivity index (χ2n) is 5.16. The van der Waals surface area contributed by atoms with Crippen molar-refractivity contribution in [1.29, 1.82) is 0 Å². The summed E-state index contributed by atoms with van der Waals surface area (Å²) in [4.78, 5) is 23.7. The van der Waals surface area contributed by atoms with E-state index in [9.17, 15) is 19.3 Å². The van der Waals surface area contributed by atoms with Crippen LogP contribution < -0.4 is 4.90 Å². The summed E-state index contributed by atoms with van der Waals surface area (Å²) in [6.07, 6.45) is 0. The van der Waals surface area contributed by atoms with Gasteiger partial charge in [0.2, 0.25) is 0 Å². The molecule has 0 bridgehead atoms. The van der Waals surface area contributed by atoms with Crippen molar-refractivity contribution in [2.45, 2.75) is 26.8 Å². The van der Waals surface area contributed by atoms with Crippen LogP contribution >= 0.6 is 0 Å². The predicted octanol–water partition coefficient (Wildman–Crippen LogP) is 3.00. The molecule has 0 saturated heterocycles. The van der Waals surface area contributed by atoms with Gasteiger partial charge in [-0.15, -0.1) is 0 Å². The van der Waals surface area contributed by atoms with Crippen molar-refractivity contribution in [3.05, 3.63) is 33.6 Å². The van der Waals surface area contributed by atoms with Crippen LogP contribution in [0.3, 0.4) is 0 Å². The number of carbonyl (C=O) groups is 1. The molecule has 0 radical (unpaired) electrons. The number of esters is 1. The Bertz CT molecular complexity index is 560. The van der Waals surface area contributed by atoms with Gasteiger partial charge in [0.15, 0.2) is 0 Å². The number of rotatable bonds is 5. The van der Waals surface area contributed by atoms with E-state index in [2.05, 4.69) is 4.74 Å². The van der Waals surface area contributed by atoms with Crippen molar-refractivity contribution in [2.24, 2.45) is 5.92 Å². The maximum Gasteiger partial charge on any atom is 0.340 e. The van der Waals surface area contributed by atoms with Gasteiger partial charge in [-0.1, -0.05) is 13.8 Å². The first kappa shape index (κ1) is 16.9. The van der Waals surface area contributed by atoms with E-state index in [0.29, 0.717) is 0 Å². The zero-order valence-electron chi connectivity index (χ0n) is 12.7. The number of nitro groups is 1. The van der Waals surface area contributed by atoms with Crippen molar-refractivity contribution in [3.8, 4) is 0 Å². The molecule has 0 aliphatic rings. The second-order valence-corrected chi connectivity index (χ2v) is 5.16. The molecule has 1 unspecified atom stereocenters. The van der Waals surface area contributed by atoms with Gasteiger partial charge in [0.1, 0.15) is 11.5 Å². The second kappa shape index (κ2) is 6.51. The first-order chi connectivity index (χ1) is 9.70. The van der Waals surface area contributed by atoms with E-state index >= 15 is 0 Å². The van der Waals surface area contributed by atoms with Crippen LogP contribution in [-0.2, 0) is 4.74 Å². The molecule has 0 aromatic heterocycles. The van der Waals surface area contributed by atoms with Crippen LogP contribution in [0.15, 0.2) is 12.1 Å². The van der Waals surface area contributed by atoms with Crippen LogP contribution in [0.1, 0.15) is 31.1 Å². The zero-order chi connectivity index (χ0) is 16.3. The highest BCUT2D eigenvalue weighted by Gasteiger charge is 2.27. The van der Waals surface area contributed by atoms with Crippen LogP contribution in [-0.4, -0.2) is 31.1 Å². The van der Waals surface area contributed by atoms with Crippen molar-refractivity contribution in [3.63, 3.8) is 0 Å². The third kappa shape index (κ3) is 3.48. The Morgan fingerprint density at radius 1 is 1.38 bits per heavy atom. The molecule has 6 nitrogen and oxygen atoms in total. The molecule has 1 aromatic carbocycles. The van der Waals surface area contributed by atoms with Crippen LogP contribution in [0.5, 0.6) is 0 Å². The number of methoxy groups -OCH3 is 1. The van der Waals surface area contributed by atoms with E-state index in [-0.39, 0.29) is 28.9 Å². The van der Waals surface area contributed by atoms with Crippen LogP contribution in [0.25, 0.3) is 0 Å². The summed E-state index contributed by atoms with van der Waals surface area (Å²) in [7, 11) is 2.80. The fraction of sp³-hybridized carbons (Fsp3) is 0.500. The van der Waals surface area contributed by atoms with Gasteiger partial charge in [0.05, 0.1) is 23.7 Å². The van der Waals surface area contributed by atoms with Crippen LogP contribution in [0, 0.1) is 21.8 Å². The van der Waals surface area contributed by atoms with E-state index < -0.39 is 16.7 Å². The molecule has 21 heavy (non-hydrogen) atoms. The lowest BCUT2D eigenvalue weighted by atomic mass is 10.0. The minimum absolute atomic E-state index is 0.0281. The molecular formula is C14H19FN2O4. The highest BCUT2D eigenvalue weighted by atomic mass is 19.1. The maximum absolute atomic E-state index is 13.8. The zero-order valence-corrected chi connectivity index (χ0v) is 12.7. The Kier molecular flexibility index (Phi) is 5.23. The monoisotopic (exact) mass is 298 g/mol. The van der Waals surface area contributed by atoms with E-state index in [1.165, 1.54) is 0 Å². The fourth-order valence-electron chi connectivity index (χ4n) is 1.91. The molecule has 1 atom stereocenters. The van der Waals surface area contributed by atoms with Gasteiger partial charge in [0, 0.05) is 13.1 Å². The molecule has 0 aliphatic heterocycles. The molecule has 0 aliphatic carbocycles. The molecule has 1 aromatic rings. The van der Waals surface area contributed by atoms with E-state index in [4.69, 9.17) is 0 Å². The molecule has 1 rings (SSSR count). The predicted molar refractivity (Wildman–Crippen MR) is 77.1 cm³/mol. The fourth-order valence-corrected chi connectivity index (χ4v) is 1.91. The van der Waals surface area contributed by atoms with E-state index in [1.807, 2.05) is 20.8 Å². The van der Waals surface area contributed by atoms with Crippen molar-refractivity contribution in [1.82, 2.24) is 0 Å². The molecule has 0 fully saturated rings. The number of anilines is 1. The van der Waals surface area contributed by atoms with Gasteiger partial charge >= 0.3 is 5.97 Å². The molecule has 116 valence electrons. The Hall–Kier alpha value is -2.18. The lowest BCUT2D eigenvalue weighted by molar-refractivity contribution is -0.384. The summed E-state index contributed by atoms with van der Waals surface area (Å²) in [6, 6.07) is 1.89. The summed E-state index contributed by atoms with van der Waals surface area (Å²) < 4.78 is 18.3. The van der Waals surface area contributed by atoms with Gasteiger partial charge < -0.3 is 9.64 Å². The van der Waals surface area contributed by atoms with E-state index in [0.717, 1.165) is 19.2 Å². The number of carbonyl (C=O) groups excluding carboxylic acids is 1. The Labute approximate surface area is 122 Å². The third-order valence-electron chi connectivity index (χ3n) is 3.62. The lowest BCUT2D eigenvalue weighted by Crippen LogP contribution is -2.33. The lowest BCUT2D eigenvalue weighted by Gasteiger charge is -2.29. The molecule has 0 N–H and O–H groups in total. The van der Waals surface area contributed by atoms with Crippen LogP contribution in [0.4, 0.5) is 15.8 Å². The molecule has 0 heterocycles. The normalized spacial score (nSPS) is 12.1. The van der Waals surface area contributed by atoms with Crippen molar-refractivity contribution >= 4 is 17.3 Å². The number of halogens is 1. The quantitative estimate of drug-likeness (QED) is 0.474. The summed E-state index contributed by atoms with van der Waals surface area (Å²) in [5.41, 5.74) is -0.515. The summed E-state index contributed by atoms with van der Waals surface area (Å²) in [5, 5.41) is 11.1. The number of benzene rings is 1. The number of hydrogen-bond donors (Lipinski definition) is 0. The van der Waals surface area contributed by atoms with Crippen molar-refractivity contribution in [2.75, 3.05) is 19.1 Å². The first-order valence-corrected chi connectivity index (χ1v) is 6.49. The molecule has 0 spiro atoms. The molecular weight excluding hydrogens is 279 g/mol. The molecule has 0 amide bonds. The van der Waals surface area contributed by atoms with Crippen LogP contribution in [0.2, 0.25) is 0 Å². The van der Waals surface area contributed by atoms with Gasteiger partial charge in [-0.2, -0.15) is 0 Å². The topological polar surface area (TPSA) is 72.7 Å². The van der Waals surface area contributed by atoms with Gasteiger partial charge in [0.25, 0.3) is 5.69 Å². The average molecular weight is 298 g/mol. The number of ether oxygens (including phenoxy) is 1. The highest BCUT2D eigenvalue weighted by molar-refractivity contribution is 5.92. The first-order valence-electron chi connectivity index (χ1n) is 6.49. The van der Waals surface area contributed by atoms with Crippen molar-refractivity contribution < 1.29 is 18.8 Å². The number of nitrogens with zero attached hydrogens (tertiary/aromatic N) is 2. The molecule has 7 heteroatoms. The average Bonchev–Trinajstić information content (AvgIpc) is 2.44. The largest absolute Gasteiger partial charge is 0.465 e. The number of hydrogen-bond acceptors (Lipinski definition) is 5. The third-order valence-corrected chi connectivity index (χ3v) is 3.62. The van der Waals surface area contributed by atoms with Gasteiger partial charge in [-0.25, -0.2) is 9.18 Å². The van der Waals surface area contributed by atoms with E-state index in [1.54, 1.807) is 11.9 Å². The molecule has 0 saturated carbocycles. The van der Waals surface area contributed by atoms with Gasteiger partial charge in [-0.3, -0.25) is 10.1 Å². The summed E-state index contributed by atoms with van der Waals surface area (Å²) in [5.74, 6) is -1.61. The Balaban J connectivity index is 3.46. The van der Waals surface area contributed by atoms with Gasteiger partial charge in [-0.05, 0) is 18.9 Å². The maximum atomic E-state index is 13.8. The standard InChI is InChI=1S/C14H19FN2O4/c1-8(2)9(3)16(4)12-6-10(14(18)21-5)11(15)7-13(12)17(19)20/h6-9H,1-5H3.